The maximum atomic E-state index is 9.79. The lowest BCUT2D eigenvalue weighted by Gasteiger charge is -2.33. The van der Waals surface area contributed by atoms with Crippen LogP contribution in [0.4, 0.5) is 0 Å². The molecule has 0 unspecified atom stereocenters. The van der Waals surface area contributed by atoms with Crippen LogP contribution in [0, 0.1) is 12.8 Å². The number of hydrogen-bond donors (Lipinski definition) is 1. The van der Waals surface area contributed by atoms with E-state index in [9.17, 15) is 5.11 Å². The first-order valence-corrected chi connectivity index (χ1v) is 9.45. The number of aliphatic hydroxyl groups is 1. The van der Waals surface area contributed by atoms with Crippen molar-refractivity contribution >= 4 is 0 Å². The van der Waals surface area contributed by atoms with Crippen molar-refractivity contribution in [2.45, 2.75) is 45.6 Å². The highest BCUT2D eigenvalue weighted by atomic mass is 16.7. The standard InChI is InChI=1S/C22H26O4/c1-3-17-9-16(11-23)10-18-19(17)22-21(25-13-26-22)14(2)20(18)24-12-15-7-5-4-6-8-15/h4-8,16-17,23H,3,9-13H2,1-2H3/t16-,17+/m0/s1. The monoisotopic (exact) mass is 354 g/mol. The second-order valence-corrected chi connectivity index (χ2v) is 7.28. The van der Waals surface area contributed by atoms with Gasteiger partial charge in [-0.2, -0.15) is 0 Å². The molecular weight excluding hydrogens is 328 g/mol. The second-order valence-electron chi connectivity index (χ2n) is 7.28. The lowest BCUT2D eigenvalue weighted by Crippen LogP contribution is -2.23. The van der Waals surface area contributed by atoms with Gasteiger partial charge in [-0.1, -0.05) is 37.3 Å². The van der Waals surface area contributed by atoms with Gasteiger partial charge in [0.2, 0.25) is 6.79 Å². The number of hydrogen-bond acceptors (Lipinski definition) is 4. The third-order valence-electron chi connectivity index (χ3n) is 5.63. The zero-order valence-electron chi connectivity index (χ0n) is 15.5. The molecule has 2 atom stereocenters. The van der Waals surface area contributed by atoms with E-state index >= 15 is 0 Å². The van der Waals surface area contributed by atoms with Crippen LogP contribution in [0.5, 0.6) is 17.2 Å². The van der Waals surface area contributed by atoms with Gasteiger partial charge in [0, 0.05) is 23.3 Å². The number of benzene rings is 2. The van der Waals surface area contributed by atoms with Crippen LogP contribution in [-0.2, 0) is 13.0 Å². The van der Waals surface area contributed by atoms with Crippen molar-refractivity contribution in [1.82, 2.24) is 0 Å². The fourth-order valence-electron chi connectivity index (χ4n) is 4.31. The van der Waals surface area contributed by atoms with E-state index in [4.69, 9.17) is 14.2 Å². The Bertz CT molecular complexity index is 785. The summed E-state index contributed by atoms with van der Waals surface area (Å²) in [4.78, 5) is 0. The minimum atomic E-state index is 0.210. The van der Waals surface area contributed by atoms with Crippen molar-refractivity contribution in [3.63, 3.8) is 0 Å². The van der Waals surface area contributed by atoms with E-state index in [1.165, 1.54) is 11.1 Å². The van der Waals surface area contributed by atoms with E-state index in [1.807, 2.05) is 25.1 Å². The van der Waals surface area contributed by atoms with Gasteiger partial charge in [0.25, 0.3) is 0 Å². The third kappa shape index (κ3) is 2.92. The highest BCUT2D eigenvalue weighted by Gasteiger charge is 2.36. The molecule has 138 valence electrons. The smallest absolute Gasteiger partial charge is 0.231 e. The zero-order chi connectivity index (χ0) is 18.1. The van der Waals surface area contributed by atoms with Crippen molar-refractivity contribution in [3.05, 3.63) is 52.6 Å². The molecule has 4 rings (SSSR count). The number of fused-ring (bicyclic) bond motifs is 3. The predicted octanol–water partition coefficient (Wildman–Crippen LogP) is 4.35. The first-order chi connectivity index (χ1) is 12.7. The highest BCUT2D eigenvalue weighted by molar-refractivity contribution is 5.65. The summed E-state index contributed by atoms with van der Waals surface area (Å²) in [5, 5.41) is 9.79. The van der Waals surface area contributed by atoms with Gasteiger partial charge >= 0.3 is 0 Å². The van der Waals surface area contributed by atoms with Crippen molar-refractivity contribution in [2.75, 3.05) is 13.4 Å². The first-order valence-electron chi connectivity index (χ1n) is 9.45. The Balaban J connectivity index is 1.78. The third-order valence-corrected chi connectivity index (χ3v) is 5.63. The average molecular weight is 354 g/mol. The van der Waals surface area contributed by atoms with Crippen LogP contribution in [-0.4, -0.2) is 18.5 Å². The highest BCUT2D eigenvalue weighted by Crippen LogP contribution is 2.53. The van der Waals surface area contributed by atoms with Gasteiger partial charge in [-0.05, 0) is 43.6 Å². The number of rotatable bonds is 5. The molecular formula is C22H26O4. The molecule has 2 aromatic carbocycles. The topological polar surface area (TPSA) is 47.9 Å². The molecule has 1 aliphatic heterocycles. The van der Waals surface area contributed by atoms with Gasteiger partial charge in [-0.15, -0.1) is 0 Å². The van der Waals surface area contributed by atoms with Crippen molar-refractivity contribution in [3.8, 4) is 17.2 Å². The molecule has 0 saturated heterocycles. The summed E-state index contributed by atoms with van der Waals surface area (Å²) in [7, 11) is 0. The molecule has 0 amide bonds. The summed E-state index contributed by atoms with van der Waals surface area (Å²) in [6.07, 6.45) is 2.82. The summed E-state index contributed by atoms with van der Waals surface area (Å²) in [5.74, 6) is 3.27. The molecule has 1 aliphatic carbocycles. The van der Waals surface area contributed by atoms with E-state index < -0.39 is 0 Å². The predicted molar refractivity (Wildman–Crippen MR) is 100 cm³/mol. The second kappa shape index (κ2) is 7.20. The molecule has 0 bridgehead atoms. The lowest BCUT2D eigenvalue weighted by molar-refractivity contribution is 0.170. The Morgan fingerprint density at radius 3 is 2.65 bits per heavy atom. The molecule has 0 radical (unpaired) electrons. The Morgan fingerprint density at radius 1 is 1.15 bits per heavy atom. The molecule has 2 aliphatic rings. The normalized spacial score (nSPS) is 20.7. The van der Waals surface area contributed by atoms with Gasteiger partial charge in [0.1, 0.15) is 12.4 Å². The minimum Gasteiger partial charge on any atom is -0.488 e. The summed E-state index contributed by atoms with van der Waals surface area (Å²) in [6.45, 7) is 5.24. The van der Waals surface area contributed by atoms with Crippen LogP contribution < -0.4 is 14.2 Å². The number of ether oxygens (including phenoxy) is 3. The van der Waals surface area contributed by atoms with Gasteiger partial charge in [-0.3, -0.25) is 0 Å². The minimum absolute atomic E-state index is 0.210. The quantitative estimate of drug-likeness (QED) is 0.867. The molecule has 0 fully saturated rings. The molecule has 4 nitrogen and oxygen atoms in total. The van der Waals surface area contributed by atoms with Gasteiger partial charge in [0.15, 0.2) is 11.5 Å². The lowest BCUT2D eigenvalue weighted by atomic mass is 9.74. The van der Waals surface area contributed by atoms with E-state index in [-0.39, 0.29) is 19.3 Å². The van der Waals surface area contributed by atoms with E-state index in [1.54, 1.807) is 0 Å². The van der Waals surface area contributed by atoms with E-state index in [0.717, 1.165) is 47.6 Å². The fourth-order valence-corrected chi connectivity index (χ4v) is 4.31. The van der Waals surface area contributed by atoms with E-state index in [0.29, 0.717) is 12.5 Å². The Morgan fingerprint density at radius 2 is 1.92 bits per heavy atom. The number of aliphatic hydroxyl groups excluding tert-OH is 1. The average Bonchev–Trinajstić information content (AvgIpc) is 3.17. The largest absolute Gasteiger partial charge is 0.488 e. The van der Waals surface area contributed by atoms with Crippen molar-refractivity contribution in [2.24, 2.45) is 5.92 Å². The van der Waals surface area contributed by atoms with Crippen LogP contribution >= 0.6 is 0 Å². The molecule has 0 spiro atoms. The van der Waals surface area contributed by atoms with E-state index in [2.05, 4.69) is 19.1 Å². The van der Waals surface area contributed by atoms with Gasteiger partial charge < -0.3 is 19.3 Å². The Kier molecular flexibility index (Phi) is 4.77. The molecule has 26 heavy (non-hydrogen) atoms. The molecule has 2 aromatic rings. The van der Waals surface area contributed by atoms with Gasteiger partial charge in [0.05, 0.1) is 0 Å². The molecule has 0 aromatic heterocycles. The fraction of sp³-hybridized carbons (Fsp3) is 0.455. The summed E-state index contributed by atoms with van der Waals surface area (Å²) in [5.41, 5.74) is 4.57. The summed E-state index contributed by atoms with van der Waals surface area (Å²) < 4.78 is 18.0. The molecule has 1 heterocycles. The molecule has 4 heteroatoms. The Hall–Kier alpha value is -2.20. The van der Waals surface area contributed by atoms with Crippen molar-refractivity contribution < 1.29 is 19.3 Å². The maximum absolute atomic E-state index is 9.79. The Labute approximate surface area is 154 Å². The van der Waals surface area contributed by atoms with Crippen LogP contribution in [0.3, 0.4) is 0 Å². The summed E-state index contributed by atoms with van der Waals surface area (Å²) >= 11 is 0. The molecule has 0 saturated carbocycles. The van der Waals surface area contributed by atoms with Crippen LogP contribution in [0.1, 0.15) is 47.9 Å². The van der Waals surface area contributed by atoms with Crippen LogP contribution in [0.15, 0.2) is 30.3 Å². The zero-order valence-corrected chi connectivity index (χ0v) is 15.5. The van der Waals surface area contributed by atoms with Crippen molar-refractivity contribution in [1.29, 1.82) is 0 Å². The SMILES string of the molecule is CC[C@@H]1C[C@H](CO)Cc2c(OCc3ccccc3)c(C)c3c(c21)OCO3. The van der Waals surface area contributed by atoms with Gasteiger partial charge in [-0.25, -0.2) is 0 Å². The van der Waals surface area contributed by atoms with Crippen LogP contribution in [0.25, 0.3) is 0 Å². The summed E-state index contributed by atoms with van der Waals surface area (Å²) in [6, 6.07) is 10.2. The first kappa shape index (κ1) is 17.2. The molecule has 1 N–H and O–H groups in total. The maximum Gasteiger partial charge on any atom is 0.231 e. The van der Waals surface area contributed by atoms with Crippen LogP contribution in [0.2, 0.25) is 0 Å².